The lowest BCUT2D eigenvalue weighted by atomic mass is 10.1. The molecule has 0 saturated carbocycles. The third-order valence-corrected chi connectivity index (χ3v) is 3.46. The van der Waals surface area contributed by atoms with E-state index in [1.807, 2.05) is 27.7 Å². The summed E-state index contributed by atoms with van der Waals surface area (Å²) in [7, 11) is 1.65. The highest BCUT2D eigenvalue weighted by molar-refractivity contribution is 5.84. The first kappa shape index (κ1) is 19.4. The molecule has 1 rings (SSSR count). The number of hydrogen-bond donors (Lipinski definition) is 1. The number of ether oxygens (including phenoxy) is 2. The number of aliphatic imine (C=N–C) groups is 2. The van der Waals surface area contributed by atoms with E-state index in [0.29, 0.717) is 25.6 Å². The number of methoxy groups -OCH3 is 1. The molecule has 0 aromatic carbocycles. The molecule has 0 radical (unpaired) electrons. The van der Waals surface area contributed by atoms with Crippen LogP contribution in [0.25, 0.3) is 0 Å². The smallest absolute Gasteiger partial charge is 0.410 e. The molecule has 2 unspecified atom stereocenters. The topological polar surface area (TPSA) is 75.5 Å². The molecule has 1 heterocycles. The zero-order chi connectivity index (χ0) is 17.5. The zero-order valence-corrected chi connectivity index (χ0v) is 15.0. The molecule has 2 atom stereocenters. The molecule has 132 valence electrons. The molecular formula is C16H30N4O3. The summed E-state index contributed by atoms with van der Waals surface area (Å²) in [6, 6.07) is 0.0957. The second-order valence-corrected chi connectivity index (χ2v) is 6.78. The van der Waals surface area contributed by atoms with Crippen LogP contribution >= 0.6 is 0 Å². The van der Waals surface area contributed by atoms with Crippen LogP contribution in [0.5, 0.6) is 0 Å². The van der Waals surface area contributed by atoms with E-state index in [1.54, 1.807) is 12.0 Å². The van der Waals surface area contributed by atoms with Crippen molar-refractivity contribution in [2.75, 3.05) is 26.7 Å². The molecular weight excluding hydrogens is 296 g/mol. The van der Waals surface area contributed by atoms with Gasteiger partial charge in [-0.25, -0.2) is 14.8 Å². The Kier molecular flexibility index (Phi) is 7.48. The minimum absolute atomic E-state index is 0.0261. The number of carbonyl (C=O) groups is 1. The molecule has 1 amide bonds. The second kappa shape index (κ2) is 8.86. The van der Waals surface area contributed by atoms with Crippen LogP contribution in [-0.4, -0.2) is 68.2 Å². The van der Waals surface area contributed by atoms with Gasteiger partial charge in [-0.05, 0) is 47.3 Å². The SMILES string of the molecule is C=N/C(=N\CC(C)OC)NC1CCCN(C(=O)OC(C)(C)C)C1. The van der Waals surface area contributed by atoms with E-state index in [1.165, 1.54) is 0 Å². The number of nitrogens with one attached hydrogen (secondary N) is 1. The van der Waals surface area contributed by atoms with Crippen molar-refractivity contribution in [3.8, 4) is 0 Å². The Balaban J connectivity index is 2.57. The molecule has 0 aliphatic carbocycles. The third-order valence-electron chi connectivity index (χ3n) is 3.46. The fraction of sp³-hybridized carbons (Fsp3) is 0.812. The number of guanidine groups is 1. The van der Waals surface area contributed by atoms with Gasteiger partial charge in [-0.3, -0.25) is 0 Å². The maximum absolute atomic E-state index is 12.2. The van der Waals surface area contributed by atoms with Gasteiger partial charge in [0.15, 0.2) is 0 Å². The van der Waals surface area contributed by atoms with E-state index >= 15 is 0 Å². The average molecular weight is 326 g/mol. The van der Waals surface area contributed by atoms with Gasteiger partial charge in [0.2, 0.25) is 5.96 Å². The van der Waals surface area contributed by atoms with Crippen molar-refractivity contribution in [2.45, 2.75) is 58.3 Å². The highest BCUT2D eigenvalue weighted by Gasteiger charge is 2.27. The summed E-state index contributed by atoms with van der Waals surface area (Å²) in [5.74, 6) is 0.491. The van der Waals surface area contributed by atoms with E-state index in [0.717, 1.165) is 12.8 Å². The molecule has 23 heavy (non-hydrogen) atoms. The van der Waals surface area contributed by atoms with Gasteiger partial charge in [0, 0.05) is 26.2 Å². The molecule has 0 aromatic heterocycles. The van der Waals surface area contributed by atoms with E-state index in [4.69, 9.17) is 9.47 Å². The molecule has 1 aliphatic heterocycles. The Morgan fingerprint density at radius 2 is 2.17 bits per heavy atom. The summed E-state index contributed by atoms with van der Waals surface area (Å²) >= 11 is 0. The molecule has 7 heteroatoms. The fourth-order valence-electron chi connectivity index (χ4n) is 2.20. The standard InChI is InChI=1S/C16H30N4O3/c1-12(22-6)10-18-14(17-5)19-13-8-7-9-20(11-13)15(21)23-16(2,3)4/h12-13H,5,7-11H2,1-4,6H3,(H,18,19). The molecule has 1 saturated heterocycles. The van der Waals surface area contributed by atoms with Gasteiger partial charge in [-0.15, -0.1) is 0 Å². The molecule has 1 aliphatic rings. The molecule has 0 bridgehead atoms. The minimum atomic E-state index is -0.483. The van der Waals surface area contributed by atoms with E-state index in [2.05, 4.69) is 22.0 Å². The molecule has 1 N–H and O–H groups in total. The Morgan fingerprint density at radius 1 is 1.48 bits per heavy atom. The van der Waals surface area contributed by atoms with E-state index in [9.17, 15) is 4.79 Å². The van der Waals surface area contributed by atoms with Gasteiger partial charge in [0.25, 0.3) is 0 Å². The Morgan fingerprint density at radius 3 is 2.74 bits per heavy atom. The van der Waals surface area contributed by atoms with Crippen molar-refractivity contribution in [3.05, 3.63) is 0 Å². The van der Waals surface area contributed by atoms with Crippen LogP contribution < -0.4 is 5.32 Å². The predicted octanol–water partition coefficient (Wildman–Crippen LogP) is 2.07. The van der Waals surface area contributed by atoms with Crippen molar-refractivity contribution in [2.24, 2.45) is 9.98 Å². The average Bonchev–Trinajstić information content (AvgIpc) is 2.49. The Bertz CT molecular complexity index is 432. The van der Waals surface area contributed by atoms with Gasteiger partial charge in [0.1, 0.15) is 5.60 Å². The van der Waals surface area contributed by atoms with Crippen molar-refractivity contribution < 1.29 is 14.3 Å². The minimum Gasteiger partial charge on any atom is -0.444 e. The summed E-state index contributed by atoms with van der Waals surface area (Å²) < 4.78 is 10.6. The van der Waals surface area contributed by atoms with Crippen LogP contribution in [0, 0.1) is 0 Å². The summed E-state index contributed by atoms with van der Waals surface area (Å²) in [6.07, 6.45) is 1.61. The molecule has 1 fully saturated rings. The maximum atomic E-state index is 12.2. The lowest BCUT2D eigenvalue weighted by Gasteiger charge is -2.34. The Hall–Kier alpha value is -1.63. The van der Waals surface area contributed by atoms with Crippen molar-refractivity contribution in [1.29, 1.82) is 0 Å². The second-order valence-electron chi connectivity index (χ2n) is 6.78. The van der Waals surface area contributed by atoms with Gasteiger partial charge < -0.3 is 19.7 Å². The van der Waals surface area contributed by atoms with Crippen LogP contribution in [0.1, 0.15) is 40.5 Å². The van der Waals surface area contributed by atoms with Crippen molar-refractivity contribution in [1.82, 2.24) is 10.2 Å². The van der Waals surface area contributed by atoms with Gasteiger partial charge in [-0.2, -0.15) is 0 Å². The summed E-state index contributed by atoms with van der Waals surface area (Å²) in [5.41, 5.74) is -0.483. The lowest BCUT2D eigenvalue weighted by Crippen LogP contribution is -2.50. The monoisotopic (exact) mass is 326 g/mol. The van der Waals surface area contributed by atoms with Gasteiger partial charge in [0.05, 0.1) is 12.6 Å². The number of hydrogen-bond acceptors (Lipinski definition) is 4. The number of rotatable bonds is 4. The summed E-state index contributed by atoms with van der Waals surface area (Å²) in [5, 5.41) is 3.25. The number of carbonyl (C=O) groups excluding carboxylic acids is 1. The van der Waals surface area contributed by atoms with Crippen LogP contribution in [-0.2, 0) is 9.47 Å². The first-order chi connectivity index (χ1) is 10.7. The summed E-state index contributed by atoms with van der Waals surface area (Å²) in [4.78, 5) is 22.2. The molecule has 0 aromatic rings. The van der Waals surface area contributed by atoms with Gasteiger partial charge in [-0.1, -0.05) is 0 Å². The highest BCUT2D eigenvalue weighted by Crippen LogP contribution is 2.15. The van der Waals surface area contributed by atoms with Gasteiger partial charge >= 0.3 is 6.09 Å². The van der Waals surface area contributed by atoms with Crippen LogP contribution in [0.2, 0.25) is 0 Å². The highest BCUT2D eigenvalue weighted by atomic mass is 16.6. The maximum Gasteiger partial charge on any atom is 0.410 e. The lowest BCUT2D eigenvalue weighted by molar-refractivity contribution is 0.0194. The van der Waals surface area contributed by atoms with E-state index in [-0.39, 0.29) is 18.2 Å². The number of piperidine rings is 1. The summed E-state index contributed by atoms with van der Waals surface area (Å²) in [6.45, 7) is 12.9. The number of nitrogens with zero attached hydrogens (tertiary/aromatic N) is 3. The predicted molar refractivity (Wildman–Crippen MR) is 92.3 cm³/mol. The quantitative estimate of drug-likeness (QED) is 0.634. The normalized spacial score (nSPS) is 20.8. The first-order valence-electron chi connectivity index (χ1n) is 8.03. The first-order valence-corrected chi connectivity index (χ1v) is 8.03. The largest absolute Gasteiger partial charge is 0.444 e. The molecule has 7 nitrogen and oxygen atoms in total. The van der Waals surface area contributed by atoms with Crippen LogP contribution in [0.3, 0.4) is 0 Å². The van der Waals surface area contributed by atoms with Crippen molar-refractivity contribution >= 4 is 18.8 Å². The number of amides is 1. The number of likely N-dealkylation sites (tertiary alicyclic amines) is 1. The zero-order valence-electron chi connectivity index (χ0n) is 15.0. The van der Waals surface area contributed by atoms with Crippen molar-refractivity contribution in [3.63, 3.8) is 0 Å². The van der Waals surface area contributed by atoms with Crippen LogP contribution in [0.4, 0.5) is 4.79 Å². The Labute approximate surface area is 139 Å². The molecule has 0 spiro atoms. The van der Waals surface area contributed by atoms with E-state index < -0.39 is 5.60 Å². The fourth-order valence-corrected chi connectivity index (χ4v) is 2.20. The van der Waals surface area contributed by atoms with Crippen LogP contribution in [0.15, 0.2) is 9.98 Å². The third kappa shape index (κ3) is 7.45.